The average molecular weight is 482 g/mol. The van der Waals surface area contributed by atoms with Gasteiger partial charge in [0.25, 0.3) is 5.91 Å². The first-order chi connectivity index (χ1) is 16.5. The van der Waals surface area contributed by atoms with Crippen molar-refractivity contribution in [3.8, 4) is 5.75 Å². The molecule has 5 rings (SSSR count). The van der Waals surface area contributed by atoms with Gasteiger partial charge in [-0.1, -0.05) is 12.1 Å². The van der Waals surface area contributed by atoms with Gasteiger partial charge in [-0.15, -0.1) is 11.3 Å². The van der Waals surface area contributed by atoms with Gasteiger partial charge in [0, 0.05) is 29.8 Å². The fourth-order valence-corrected chi connectivity index (χ4v) is 5.72. The molecule has 8 heteroatoms. The molecule has 1 unspecified atom stereocenters. The zero-order valence-electron chi connectivity index (χ0n) is 19.2. The van der Waals surface area contributed by atoms with E-state index in [1.165, 1.54) is 11.3 Å². The van der Waals surface area contributed by atoms with Crippen LogP contribution in [0.3, 0.4) is 0 Å². The van der Waals surface area contributed by atoms with E-state index in [-0.39, 0.29) is 35.3 Å². The third kappa shape index (κ3) is 5.43. The number of fused-ring (bicyclic) bond motifs is 1. The smallest absolute Gasteiger partial charge is 0.254 e. The lowest BCUT2D eigenvalue weighted by Gasteiger charge is -2.22. The SMILES string of the molecule is O=C(NCC1CC1)c1c(NC(=O)C2CC2)sc2c1CC(C(=O)NCCc1ccc(O)cc1)CC2. The molecule has 3 aliphatic rings. The summed E-state index contributed by atoms with van der Waals surface area (Å²) in [6.07, 6.45) is 6.80. The number of aromatic hydroxyl groups is 1. The summed E-state index contributed by atoms with van der Waals surface area (Å²) in [6, 6.07) is 6.99. The molecular formula is C26H31N3O4S. The number of nitrogens with one attached hydrogen (secondary N) is 3. The minimum atomic E-state index is -0.191. The molecule has 7 nitrogen and oxygen atoms in total. The van der Waals surface area contributed by atoms with Crippen molar-refractivity contribution in [2.45, 2.75) is 51.4 Å². The standard InChI is InChI=1S/C26H31N3O4S/c30-19-8-3-15(4-9-19)11-12-27-23(31)18-7-10-21-20(13-18)22(25(33)28-14-16-1-2-16)26(34-21)29-24(32)17-5-6-17/h3-4,8-9,16-18,30H,1-2,5-7,10-14H2,(H,27,31)(H,28,33)(H,29,32). The highest BCUT2D eigenvalue weighted by atomic mass is 32.1. The van der Waals surface area contributed by atoms with Gasteiger partial charge in [-0.2, -0.15) is 0 Å². The predicted molar refractivity (Wildman–Crippen MR) is 131 cm³/mol. The number of benzene rings is 1. The van der Waals surface area contributed by atoms with E-state index >= 15 is 0 Å². The van der Waals surface area contributed by atoms with Crippen molar-refractivity contribution in [1.82, 2.24) is 10.6 Å². The Kier molecular flexibility index (Phi) is 6.59. The number of aryl methyl sites for hydroxylation is 1. The van der Waals surface area contributed by atoms with Crippen LogP contribution in [0.5, 0.6) is 5.75 Å². The second kappa shape index (κ2) is 9.78. The summed E-state index contributed by atoms with van der Waals surface area (Å²) in [7, 11) is 0. The molecule has 0 spiro atoms. The summed E-state index contributed by atoms with van der Waals surface area (Å²) in [5, 5.41) is 19.2. The van der Waals surface area contributed by atoms with Crippen molar-refractivity contribution in [3.05, 3.63) is 45.8 Å². The number of carbonyl (C=O) groups excluding carboxylic acids is 3. The summed E-state index contributed by atoms with van der Waals surface area (Å²) in [4.78, 5) is 39.6. The summed E-state index contributed by atoms with van der Waals surface area (Å²) in [6.45, 7) is 1.19. The number of phenols is 1. The minimum absolute atomic E-state index is 0.00152. The topological polar surface area (TPSA) is 108 Å². The predicted octanol–water partition coefficient (Wildman–Crippen LogP) is 3.41. The van der Waals surface area contributed by atoms with Gasteiger partial charge in [-0.25, -0.2) is 0 Å². The molecule has 1 heterocycles. The third-order valence-corrected chi connectivity index (χ3v) is 8.15. The van der Waals surface area contributed by atoms with E-state index in [4.69, 9.17) is 0 Å². The maximum absolute atomic E-state index is 13.2. The molecule has 2 fully saturated rings. The van der Waals surface area contributed by atoms with Crippen LogP contribution in [-0.2, 0) is 28.9 Å². The van der Waals surface area contributed by atoms with Gasteiger partial charge in [0.2, 0.25) is 11.8 Å². The van der Waals surface area contributed by atoms with Crippen LogP contribution in [0.2, 0.25) is 0 Å². The lowest BCUT2D eigenvalue weighted by atomic mass is 9.85. The molecule has 0 bridgehead atoms. The summed E-state index contributed by atoms with van der Waals surface area (Å²) in [5.41, 5.74) is 2.54. The molecule has 4 N–H and O–H groups in total. The Labute approximate surface area is 203 Å². The quantitative estimate of drug-likeness (QED) is 0.440. The second-order valence-corrected chi connectivity index (χ2v) is 10.9. The van der Waals surface area contributed by atoms with Crippen molar-refractivity contribution in [1.29, 1.82) is 0 Å². The number of carbonyl (C=O) groups is 3. The Hall–Kier alpha value is -2.87. The van der Waals surface area contributed by atoms with Gasteiger partial charge >= 0.3 is 0 Å². The number of hydrogen-bond donors (Lipinski definition) is 4. The summed E-state index contributed by atoms with van der Waals surface area (Å²) in [5.74, 6) is 0.532. The van der Waals surface area contributed by atoms with Crippen molar-refractivity contribution in [2.24, 2.45) is 17.8 Å². The fourth-order valence-electron chi connectivity index (χ4n) is 4.48. The van der Waals surface area contributed by atoms with E-state index in [1.807, 2.05) is 12.1 Å². The Balaban J connectivity index is 1.26. The molecule has 1 atom stereocenters. The normalized spacial score (nSPS) is 19.2. The molecule has 34 heavy (non-hydrogen) atoms. The van der Waals surface area contributed by atoms with Crippen molar-refractivity contribution in [2.75, 3.05) is 18.4 Å². The molecule has 3 aliphatic carbocycles. The summed E-state index contributed by atoms with van der Waals surface area (Å²) < 4.78 is 0. The van der Waals surface area contributed by atoms with Crippen molar-refractivity contribution < 1.29 is 19.5 Å². The van der Waals surface area contributed by atoms with Gasteiger partial charge < -0.3 is 21.1 Å². The molecule has 2 saturated carbocycles. The zero-order valence-corrected chi connectivity index (χ0v) is 20.0. The molecule has 1 aromatic carbocycles. The number of phenolic OH excluding ortho intramolecular Hbond substituents is 1. The minimum Gasteiger partial charge on any atom is -0.508 e. The molecular weight excluding hydrogens is 450 g/mol. The lowest BCUT2D eigenvalue weighted by Crippen LogP contribution is -2.35. The average Bonchev–Trinajstić information content (AvgIpc) is 3.75. The number of rotatable bonds is 9. The van der Waals surface area contributed by atoms with Crippen LogP contribution in [0.1, 0.15) is 58.5 Å². The molecule has 0 saturated heterocycles. The van der Waals surface area contributed by atoms with Gasteiger partial charge in [0.15, 0.2) is 0 Å². The van der Waals surface area contributed by atoms with E-state index in [0.717, 1.165) is 54.5 Å². The van der Waals surface area contributed by atoms with Crippen LogP contribution in [-0.4, -0.2) is 35.9 Å². The maximum Gasteiger partial charge on any atom is 0.254 e. The Morgan fingerprint density at radius 3 is 2.41 bits per heavy atom. The number of amides is 3. The van der Waals surface area contributed by atoms with Crippen LogP contribution in [0.25, 0.3) is 0 Å². The summed E-state index contributed by atoms with van der Waals surface area (Å²) >= 11 is 1.50. The molecule has 3 amide bonds. The number of hydrogen-bond acceptors (Lipinski definition) is 5. The van der Waals surface area contributed by atoms with Crippen LogP contribution in [0.15, 0.2) is 24.3 Å². The van der Waals surface area contributed by atoms with E-state index in [9.17, 15) is 19.5 Å². The van der Waals surface area contributed by atoms with Crippen LogP contribution < -0.4 is 16.0 Å². The first-order valence-electron chi connectivity index (χ1n) is 12.3. The van der Waals surface area contributed by atoms with Crippen LogP contribution >= 0.6 is 11.3 Å². The highest BCUT2D eigenvalue weighted by Gasteiger charge is 2.35. The van der Waals surface area contributed by atoms with E-state index in [2.05, 4.69) is 16.0 Å². The first-order valence-corrected chi connectivity index (χ1v) is 13.1. The number of anilines is 1. The van der Waals surface area contributed by atoms with Crippen molar-refractivity contribution >= 4 is 34.1 Å². The van der Waals surface area contributed by atoms with E-state index in [0.29, 0.717) is 42.4 Å². The molecule has 0 aliphatic heterocycles. The van der Waals surface area contributed by atoms with Crippen molar-refractivity contribution in [3.63, 3.8) is 0 Å². The Morgan fingerprint density at radius 2 is 1.71 bits per heavy atom. The molecule has 1 aromatic heterocycles. The van der Waals surface area contributed by atoms with E-state index < -0.39 is 0 Å². The van der Waals surface area contributed by atoms with Gasteiger partial charge in [0.1, 0.15) is 10.8 Å². The monoisotopic (exact) mass is 481 g/mol. The van der Waals surface area contributed by atoms with Gasteiger partial charge in [0.05, 0.1) is 5.56 Å². The molecule has 0 radical (unpaired) electrons. The first kappa shape index (κ1) is 22.9. The van der Waals surface area contributed by atoms with E-state index in [1.54, 1.807) is 12.1 Å². The maximum atomic E-state index is 13.2. The number of thiophene rings is 1. The molecule has 2 aromatic rings. The molecule has 180 valence electrons. The zero-order chi connectivity index (χ0) is 23.7. The fraction of sp³-hybridized carbons (Fsp3) is 0.500. The lowest BCUT2D eigenvalue weighted by molar-refractivity contribution is -0.125. The van der Waals surface area contributed by atoms with Gasteiger partial charge in [-0.3, -0.25) is 14.4 Å². The second-order valence-electron chi connectivity index (χ2n) is 9.77. The largest absolute Gasteiger partial charge is 0.508 e. The van der Waals surface area contributed by atoms with Crippen LogP contribution in [0.4, 0.5) is 5.00 Å². The Morgan fingerprint density at radius 1 is 0.941 bits per heavy atom. The third-order valence-electron chi connectivity index (χ3n) is 6.94. The highest BCUT2D eigenvalue weighted by molar-refractivity contribution is 7.17. The van der Waals surface area contributed by atoms with Gasteiger partial charge in [-0.05, 0) is 80.5 Å². The Bertz CT molecular complexity index is 1090. The van der Waals surface area contributed by atoms with Crippen LogP contribution in [0, 0.1) is 17.8 Å². The highest BCUT2D eigenvalue weighted by Crippen LogP contribution is 2.41.